The molecule has 6 nitrogen and oxygen atoms in total. The Morgan fingerprint density at radius 2 is 1.24 bits per heavy atom. The van der Waals surface area contributed by atoms with Gasteiger partial charge in [0.05, 0.1) is 6.17 Å². The zero-order valence-electron chi connectivity index (χ0n) is 10.8. The molecular formula is C10H27N6Ni-. The van der Waals surface area contributed by atoms with E-state index < -0.39 is 0 Å². The molecule has 17 heavy (non-hydrogen) atoms. The molecule has 1 unspecified atom stereocenters. The molecule has 0 amide bonds. The second-order valence-corrected chi connectivity index (χ2v) is 3.66. The maximum Gasteiger partial charge on any atom is 0.0552 e. The van der Waals surface area contributed by atoms with Crippen LogP contribution in [0.2, 0.25) is 0 Å². The quantitative estimate of drug-likeness (QED) is 0.234. The largest absolute Gasteiger partial charge is 0.358 e. The minimum absolute atomic E-state index is 0. The van der Waals surface area contributed by atoms with Crippen molar-refractivity contribution in [2.24, 2.45) is 0 Å². The SMILES string of the molecule is CC1NCCNCNCNCCNCN1.[CH3-].[Ni]. The molecule has 1 saturated heterocycles. The predicted octanol–water partition coefficient (Wildman–Crippen LogP) is -1.80. The van der Waals surface area contributed by atoms with Crippen LogP contribution in [0.25, 0.3) is 0 Å². The van der Waals surface area contributed by atoms with Gasteiger partial charge in [-0.15, -0.1) is 0 Å². The summed E-state index contributed by atoms with van der Waals surface area (Å²) >= 11 is 0. The van der Waals surface area contributed by atoms with Crippen LogP contribution in [0.1, 0.15) is 6.92 Å². The summed E-state index contributed by atoms with van der Waals surface area (Å²) in [4.78, 5) is 0. The van der Waals surface area contributed by atoms with Gasteiger partial charge in [-0.25, -0.2) is 0 Å². The van der Waals surface area contributed by atoms with Crippen molar-refractivity contribution < 1.29 is 16.5 Å². The zero-order chi connectivity index (χ0) is 10.8. The first-order chi connectivity index (χ1) is 7.39. The second kappa shape index (κ2) is 14.3. The van der Waals surface area contributed by atoms with E-state index in [4.69, 9.17) is 0 Å². The Morgan fingerprint density at radius 1 is 0.706 bits per heavy atom. The summed E-state index contributed by atoms with van der Waals surface area (Å²) in [6.07, 6.45) is 0.350. The fourth-order valence-corrected chi connectivity index (χ4v) is 1.36. The van der Waals surface area contributed by atoms with Crippen molar-refractivity contribution in [2.75, 3.05) is 46.2 Å². The molecule has 1 rings (SSSR count). The smallest absolute Gasteiger partial charge is 0.0552 e. The van der Waals surface area contributed by atoms with E-state index in [-0.39, 0.29) is 23.9 Å². The molecule has 1 heterocycles. The van der Waals surface area contributed by atoms with Crippen molar-refractivity contribution in [3.8, 4) is 0 Å². The van der Waals surface area contributed by atoms with Crippen LogP contribution in [-0.2, 0) is 16.5 Å². The van der Waals surface area contributed by atoms with Gasteiger partial charge in [-0.2, -0.15) is 0 Å². The molecule has 1 aliphatic rings. The van der Waals surface area contributed by atoms with Gasteiger partial charge in [0.2, 0.25) is 0 Å². The molecule has 6 N–H and O–H groups in total. The summed E-state index contributed by atoms with van der Waals surface area (Å²) < 4.78 is 0. The molecule has 0 aromatic rings. The van der Waals surface area contributed by atoms with Gasteiger partial charge >= 0.3 is 0 Å². The van der Waals surface area contributed by atoms with Gasteiger partial charge in [0.1, 0.15) is 0 Å². The van der Waals surface area contributed by atoms with E-state index in [1.807, 2.05) is 0 Å². The van der Waals surface area contributed by atoms with Gasteiger partial charge in [-0.05, 0) is 6.92 Å². The average Bonchev–Trinajstić information content (AvgIpc) is 2.24. The van der Waals surface area contributed by atoms with Gasteiger partial charge in [-0.1, -0.05) is 0 Å². The van der Waals surface area contributed by atoms with Crippen LogP contribution in [0.4, 0.5) is 0 Å². The van der Waals surface area contributed by atoms with Crippen molar-refractivity contribution in [3.63, 3.8) is 0 Å². The second-order valence-electron chi connectivity index (χ2n) is 3.66. The third kappa shape index (κ3) is 12.5. The van der Waals surface area contributed by atoms with Crippen molar-refractivity contribution in [2.45, 2.75) is 13.1 Å². The average molecular weight is 290 g/mol. The summed E-state index contributed by atoms with van der Waals surface area (Å²) in [6.45, 7) is 8.59. The van der Waals surface area contributed by atoms with E-state index in [2.05, 4.69) is 38.8 Å². The number of nitrogens with one attached hydrogen (secondary N) is 6. The van der Waals surface area contributed by atoms with E-state index in [0.29, 0.717) is 6.17 Å². The Bertz CT molecular complexity index is 135. The molecule has 0 bridgehead atoms. The molecular weight excluding hydrogens is 263 g/mol. The van der Waals surface area contributed by atoms with Crippen molar-refractivity contribution in [3.05, 3.63) is 7.43 Å². The molecule has 0 aromatic heterocycles. The number of rotatable bonds is 0. The van der Waals surface area contributed by atoms with E-state index >= 15 is 0 Å². The van der Waals surface area contributed by atoms with E-state index in [0.717, 1.165) is 46.2 Å². The maximum absolute atomic E-state index is 3.38. The van der Waals surface area contributed by atoms with Crippen LogP contribution in [0.3, 0.4) is 0 Å². The Hall–Kier alpha value is 0.254. The summed E-state index contributed by atoms with van der Waals surface area (Å²) in [5.74, 6) is 0. The van der Waals surface area contributed by atoms with Crippen LogP contribution in [0, 0.1) is 7.43 Å². The summed E-state index contributed by atoms with van der Waals surface area (Å²) in [6, 6.07) is 0. The Kier molecular flexibility index (Phi) is 16.5. The monoisotopic (exact) mass is 289 g/mol. The van der Waals surface area contributed by atoms with E-state index in [1.54, 1.807) is 0 Å². The number of hydrogen-bond acceptors (Lipinski definition) is 6. The first kappa shape index (κ1) is 19.6. The molecule has 0 radical (unpaired) electrons. The third-order valence-electron chi connectivity index (χ3n) is 2.26. The Labute approximate surface area is 115 Å². The van der Waals surface area contributed by atoms with Crippen molar-refractivity contribution in [1.82, 2.24) is 31.9 Å². The molecule has 0 aliphatic carbocycles. The first-order valence-electron chi connectivity index (χ1n) is 5.69. The Balaban J connectivity index is 0. The first-order valence-corrected chi connectivity index (χ1v) is 5.69. The fourth-order valence-electron chi connectivity index (χ4n) is 1.36. The molecule has 0 spiro atoms. The molecule has 7 heteroatoms. The Morgan fingerprint density at radius 3 is 1.88 bits per heavy atom. The predicted molar refractivity (Wildman–Crippen MR) is 68.8 cm³/mol. The topological polar surface area (TPSA) is 72.2 Å². The summed E-state index contributed by atoms with van der Waals surface area (Å²) in [7, 11) is 0. The van der Waals surface area contributed by atoms with Gasteiger partial charge in [0.15, 0.2) is 0 Å². The molecule has 0 saturated carbocycles. The number of hydrogen-bond donors (Lipinski definition) is 6. The molecule has 1 fully saturated rings. The minimum atomic E-state index is 0. The summed E-state index contributed by atoms with van der Waals surface area (Å²) in [5, 5.41) is 19.9. The van der Waals surface area contributed by atoms with Gasteiger partial charge in [0, 0.05) is 62.7 Å². The van der Waals surface area contributed by atoms with Gasteiger partial charge in [0.25, 0.3) is 0 Å². The third-order valence-corrected chi connectivity index (χ3v) is 2.26. The van der Waals surface area contributed by atoms with Crippen molar-refractivity contribution >= 4 is 0 Å². The summed E-state index contributed by atoms with van der Waals surface area (Å²) in [5.41, 5.74) is 0. The van der Waals surface area contributed by atoms with E-state index in [9.17, 15) is 0 Å². The normalized spacial score (nSPS) is 24.9. The minimum Gasteiger partial charge on any atom is -0.358 e. The molecule has 1 aliphatic heterocycles. The van der Waals surface area contributed by atoms with Crippen LogP contribution < -0.4 is 31.9 Å². The van der Waals surface area contributed by atoms with Crippen LogP contribution >= 0.6 is 0 Å². The van der Waals surface area contributed by atoms with Gasteiger partial charge < -0.3 is 28.7 Å². The van der Waals surface area contributed by atoms with E-state index in [1.165, 1.54) is 0 Å². The molecule has 108 valence electrons. The zero-order valence-corrected chi connectivity index (χ0v) is 11.8. The maximum atomic E-state index is 3.38. The van der Waals surface area contributed by atoms with Crippen LogP contribution in [0.5, 0.6) is 0 Å². The van der Waals surface area contributed by atoms with Gasteiger partial charge in [-0.3, -0.25) is 10.6 Å². The van der Waals surface area contributed by atoms with Crippen LogP contribution in [-0.4, -0.2) is 52.4 Å². The molecule has 0 aromatic carbocycles. The van der Waals surface area contributed by atoms with Crippen molar-refractivity contribution in [1.29, 1.82) is 0 Å². The molecule has 1 atom stereocenters. The fraction of sp³-hybridized carbons (Fsp3) is 0.900. The standard InChI is InChI=1S/C9H24N6.CH3.Ni/c1-9-14-5-4-11-7-13-6-10-2-3-12-8-15-9;;/h9-15H,2-8H2,1H3;1H3;/q;-1;. The van der Waals surface area contributed by atoms with Crippen LogP contribution in [0.15, 0.2) is 0 Å².